The van der Waals surface area contributed by atoms with Gasteiger partial charge in [-0.3, -0.25) is 4.79 Å². The number of nitrogens with one attached hydrogen (secondary N) is 3. The Balaban J connectivity index is 4.64. The molecule has 0 aliphatic rings. The molecule has 0 atom stereocenters. The van der Waals surface area contributed by atoms with E-state index >= 15 is 0 Å². The lowest BCUT2D eigenvalue weighted by Gasteiger charge is -2.10. The molecule has 0 unspecified atom stereocenters. The van der Waals surface area contributed by atoms with Crippen molar-refractivity contribution >= 4 is 18.1 Å². The van der Waals surface area contributed by atoms with Gasteiger partial charge in [0, 0.05) is 13.3 Å². The summed E-state index contributed by atoms with van der Waals surface area (Å²) in [5.74, 6) is -1.39. The van der Waals surface area contributed by atoms with E-state index in [9.17, 15) is 9.59 Å². The van der Waals surface area contributed by atoms with Crippen molar-refractivity contribution in [3.8, 4) is 0 Å². The predicted molar refractivity (Wildman–Crippen MR) is 68.1 cm³/mol. The molecule has 18 heavy (non-hydrogen) atoms. The van der Waals surface area contributed by atoms with Crippen LogP contribution in [0.15, 0.2) is 28.7 Å². The Morgan fingerprint density at radius 3 is 2.28 bits per heavy atom. The maximum atomic E-state index is 11.7. The first-order chi connectivity index (χ1) is 8.60. The number of rotatable bonds is 6. The number of esters is 1. The van der Waals surface area contributed by atoms with E-state index in [0.717, 1.165) is 0 Å². The minimum atomic E-state index is -0.671. The molecular weight excluding hydrogens is 236 g/mol. The van der Waals surface area contributed by atoms with Crippen LogP contribution >= 0.6 is 0 Å². The van der Waals surface area contributed by atoms with Gasteiger partial charge < -0.3 is 10.2 Å². The maximum absolute atomic E-state index is 11.7. The quantitative estimate of drug-likeness (QED) is 0.207. The second kappa shape index (κ2) is 8.94. The van der Waals surface area contributed by atoms with Crippen LogP contribution in [0.3, 0.4) is 0 Å². The van der Waals surface area contributed by atoms with Crippen molar-refractivity contribution in [1.82, 2.24) is 16.3 Å². The van der Waals surface area contributed by atoms with Gasteiger partial charge in [0.25, 0.3) is 0 Å². The van der Waals surface area contributed by atoms with Gasteiger partial charge in [-0.15, -0.1) is 0 Å². The highest BCUT2D eigenvalue weighted by molar-refractivity contribution is 5.97. The molecule has 3 N–H and O–H groups in total. The van der Waals surface area contributed by atoms with Crippen LogP contribution in [-0.4, -0.2) is 25.1 Å². The Morgan fingerprint density at radius 2 is 1.83 bits per heavy atom. The van der Waals surface area contributed by atoms with Gasteiger partial charge >= 0.3 is 11.9 Å². The number of carbonyl (C=O) groups is 2. The zero-order valence-corrected chi connectivity index (χ0v) is 10.9. The van der Waals surface area contributed by atoms with Gasteiger partial charge in [-0.2, -0.15) is 5.10 Å². The van der Waals surface area contributed by atoms with E-state index in [-0.39, 0.29) is 11.5 Å². The molecular formula is C11H18N4O3. The standard InChI is InChI=1S/C11H18N4O3/c1-5-8(14-12-4)11(17)18-9(6-2)10(16)15-13-7-3/h5-7,12,14H,1-4H3,(H,15,16)/b8-5-,9-6+,13-7-. The molecule has 0 fully saturated rings. The van der Waals surface area contributed by atoms with Gasteiger partial charge in [0.2, 0.25) is 0 Å². The Bertz CT molecular complexity index is 386. The lowest BCUT2D eigenvalue weighted by molar-refractivity contribution is -0.139. The van der Waals surface area contributed by atoms with Gasteiger partial charge in [0.05, 0.1) is 0 Å². The van der Waals surface area contributed by atoms with E-state index in [1.807, 2.05) is 0 Å². The molecule has 0 heterocycles. The van der Waals surface area contributed by atoms with Crippen LogP contribution in [0.2, 0.25) is 0 Å². The molecule has 0 rings (SSSR count). The fourth-order valence-electron chi connectivity index (χ4n) is 0.945. The molecule has 0 saturated heterocycles. The molecule has 0 spiro atoms. The van der Waals surface area contributed by atoms with Crippen molar-refractivity contribution in [2.45, 2.75) is 20.8 Å². The molecule has 0 aliphatic heterocycles. The topological polar surface area (TPSA) is 91.8 Å². The van der Waals surface area contributed by atoms with Gasteiger partial charge in [-0.1, -0.05) is 6.08 Å². The second-order valence-corrected chi connectivity index (χ2v) is 2.95. The van der Waals surface area contributed by atoms with Crippen LogP contribution in [0.25, 0.3) is 0 Å². The number of ether oxygens (including phenoxy) is 1. The van der Waals surface area contributed by atoms with Crippen molar-refractivity contribution in [3.05, 3.63) is 23.6 Å². The number of allylic oxidation sites excluding steroid dienone is 2. The average molecular weight is 254 g/mol. The Hall–Kier alpha value is -2.15. The van der Waals surface area contributed by atoms with Gasteiger partial charge in [-0.05, 0) is 26.8 Å². The lowest BCUT2D eigenvalue weighted by Crippen LogP contribution is -2.33. The van der Waals surface area contributed by atoms with Crippen LogP contribution in [0.1, 0.15) is 20.8 Å². The number of nitrogens with zero attached hydrogens (tertiary/aromatic N) is 1. The SMILES string of the molecule is C/C=N\NC(=O)/C(=C\C)OC(=O)/C(=C/C)NNC. The fourth-order valence-corrected chi connectivity index (χ4v) is 0.945. The summed E-state index contributed by atoms with van der Waals surface area (Å²) in [5.41, 5.74) is 7.59. The summed E-state index contributed by atoms with van der Waals surface area (Å²) in [7, 11) is 1.61. The Morgan fingerprint density at radius 1 is 1.17 bits per heavy atom. The lowest BCUT2D eigenvalue weighted by atomic mass is 10.4. The van der Waals surface area contributed by atoms with Gasteiger partial charge in [0.1, 0.15) is 5.70 Å². The molecule has 100 valence electrons. The van der Waals surface area contributed by atoms with Crippen molar-refractivity contribution in [2.24, 2.45) is 5.10 Å². The smallest absolute Gasteiger partial charge is 0.360 e. The molecule has 0 aromatic rings. The summed E-state index contributed by atoms with van der Waals surface area (Å²) in [6.45, 7) is 4.90. The molecule has 0 aromatic heterocycles. The van der Waals surface area contributed by atoms with Crippen LogP contribution in [0, 0.1) is 0 Å². The maximum Gasteiger partial charge on any atom is 0.360 e. The van der Waals surface area contributed by atoms with E-state index in [1.54, 1.807) is 27.8 Å². The number of hydrogen-bond acceptors (Lipinski definition) is 6. The summed E-state index contributed by atoms with van der Waals surface area (Å²) in [6, 6.07) is 0. The Kier molecular flexibility index (Phi) is 7.87. The monoisotopic (exact) mass is 254 g/mol. The number of amides is 1. The first-order valence-corrected chi connectivity index (χ1v) is 5.36. The van der Waals surface area contributed by atoms with E-state index < -0.39 is 11.9 Å². The third kappa shape index (κ3) is 5.26. The first kappa shape index (κ1) is 15.9. The van der Waals surface area contributed by atoms with E-state index in [2.05, 4.69) is 21.4 Å². The zero-order chi connectivity index (χ0) is 14.0. The molecule has 0 bridgehead atoms. The predicted octanol–water partition coefficient (Wildman–Crippen LogP) is 0.183. The largest absolute Gasteiger partial charge is 0.416 e. The number of hydrogen-bond donors (Lipinski definition) is 3. The third-order valence-electron chi connectivity index (χ3n) is 1.75. The van der Waals surface area contributed by atoms with Crippen molar-refractivity contribution in [2.75, 3.05) is 7.05 Å². The molecule has 0 aromatic carbocycles. The summed E-state index contributed by atoms with van der Waals surface area (Å²) >= 11 is 0. The van der Waals surface area contributed by atoms with Crippen molar-refractivity contribution in [3.63, 3.8) is 0 Å². The summed E-state index contributed by atoms with van der Waals surface area (Å²) in [4.78, 5) is 23.2. The number of carbonyl (C=O) groups excluding carboxylic acids is 2. The fraction of sp³-hybridized carbons (Fsp3) is 0.364. The van der Waals surface area contributed by atoms with Crippen LogP contribution < -0.4 is 16.3 Å². The average Bonchev–Trinajstić information content (AvgIpc) is 2.38. The summed E-state index contributed by atoms with van der Waals surface area (Å²) in [6.07, 6.45) is 4.31. The highest BCUT2D eigenvalue weighted by atomic mass is 16.5. The summed E-state index contributed by atoms with van der Waals surface area (Å²) < 4.78 is 4.93. The van der Waals surface area contributed by atoms with E-state index in [0.29, 0.717) is 0 Å². The Labute approximate surface area is 106 Å². The summed E-state index contributed by atoms with van der Waals surface area (Å²) in [5, 5.41) is 3.55. The molecule has 0 aliphatic carbocycles. The van der Waals surface area contributed by atoms with E-state index in [4.69, 9.17) is 4.74 Å². The first-order valence-electron chi connectivity index (χ1n) is 5.36. The van der Waals surface area contributed by atoms with Crippen LogP contribution in [-0.2, 0) is 14.3 Å². The normalized spacial score (nSPS) is 12.4. The minimum Gasteiger partial charge on any atom is -0.416 e. The second-order valence-electron chi connectivity index (χ2n) is 2.95. The molecule has 7 nitrogen and oxygen atoms in total. The van der Waals surface area contributed by atoms with Crippen LogP contribution in [0.5, 0.6) is 0 Å². The molecule has 1 amide bonds. The number of hydrazone groups is 1. The number of hydrazine groups is 1. The highest BCUT2D eigenvalue weighted by Gasteiger charge is 2.16. The molecule has 0 radical (unpaired) electrons. The van der Waals surface area contributed by atoms with Gasteiger partial charge in [-0.25, -0.2) is 15.6 Å². The van der Waals surface area contributed by atoms with Crippen molar-refractivity contribution in [1.29, 1.82) is 0 Å². The third-order valence-corrected chi connectivity index (χ3v) is 1.75. The highest BCUT2D eigenvalue weighted by Crippen LogP contribution is 2.02. The molecule has 7 heteroatoms. The molecule has 0 saturated carbocycles. The van der Waals surface area contributed by atoms with Crippen LogP contribution in [0.4, 0.5) is 0 Å². The van der Waals surface area contributed by atoms with Gasteiger partial charge in [0.15, 0.2) is 5.76 Å². The van der Waals surface area contributed by atoms with E-state index in [1.165, 1.54) is 18.4 Å². The minimum absolute atomic E-state index is 0.122. The zero-order valence-electron chi connectivity index (χ0n) is 10.9. The van der Waals surface area contributed by atoms with Crippen molar-refractivity contribution < 1.29 is 14.3 Å².